The van der Waals surface area contributed by atoms with Crippen molar-refractivity contribution in [1.29, 1.82) is 0 Å². The number of anilines is 2. The van der Waals surface area contributed by atoms with E-state index in [0.717, 1.165) is 10.1 Å². The predicted octanol–water partition coefficient (Wildman–Crippen LogP) is 5.29. The summed E-state index contributed by atoms with van der Waals surface area (Å²) in [7, 11) is 0. The molecule has 2 amide bonds. The van der Waals surface area contributed by atoms with Gasteiger partial charge in [-0.15, -0.1) is 20.4 Å². The van der Waals surface area contributed by atoms with Crippen LogP contribution in [0.1, 0.15) is 49.9 Å². The van der Waals surface area contributed by atoms with E-state index in [1.165, 1.54) is 63.6 Å². The van der Waals surface area contributed by atoms with Crippen molar-refractivity contribution in [2.75, 3.05) is 16.4 Å². The Hall–Kier alpha value is -2.02. The number of amides is 2. The van der Waals surface area contributed by atoms with Crippen molar-refractivity contribution in [3.05, 3.63) is 34.4 Å². The molecule has 0 aliphatic heterocycles. The Balaban J connectivity index is 1.51. The molecular formula is C21H26N6O2S4. The first-order valence-electron chi connectivity index (χ1n) is 10.1. The Bertz CT molecular complexity index is 1130. The number of rotatable bonds is 8. The number of aromatic nitrogens is 4. The molecular weight excluding hydrogens is 497 g/mol. The maximum Gasteiger partial charge on any atom is 0.236 e. The smallest absolute Gasteiger partial charge is 0.236 e. The molecule has 8 nitrogen and oxygen atoms in total. The van der Waals surface area contributed by atoms with Gasteiger partial charge in [-0.3, -0.25) is 14.9 Å². The predicted molar refractivity (Wildman–Crippen MR) is 138 cm³/mol. The molecule has 3 rings (SSSR count). The Kier molecular flexibility index (Phi) is 8.48. The second-order valence-corrected chi connectivity index (χ2v) is 12.8. The van der Waals surface area contributed by atoms with E-state index in [1.807, 2.05) is 0 Å². The van der Waals surface area contributed by atoms with Crippen molar-refractivity contribution in [2.45, 2.75) is 61.4 Å². The first kappa shape index (κ1) is 25.6. The van der Waals surface area contributed by atoms with Crippen LogP contribution in [-0.4, -0.2) is 38.0 Å². The number of hydrogen-bond acceptors (Lipinski definition) is 10. The molecule has 0 spiro atoms. The van der Waals surface area contributed by atoms with Gasteiger partial charge >= 0.3 is 0 Å². The average Bonchev–Trinajstić information content (AvgIpc) is 3.33. The van der Waals surface area contributed by atoms with Crippen LogP contribution in [0.25, 0.3) is 0 Å². The van der Waals surface area contributed by atoms with E-state index in [1.54, 1.807) is 11.8 Å². The zero-order valence-corrected chi connectivity index (χ0v) is 22.6. The molecule has 2 N–H and O–H groups in total. The number of benzene rings is 1. The summed E-state index contributed by atoms with van der Waals surface area (Å²) in [5.74, 6) is 0.551. The molecule has 0 aliphatic rings. The van der Waals surface area contributed by atoms with Crippen LogP contribution in [0.5, 0.6) is 0 Å². The van der Waals surface area contributed by atoms with Crippen LogP contribution < -0.4 is 10.6 Å². The van der Waals surface area contributed by atoms with Crippen LogP contribution in [0.3, 0.4) is 0 Å². The Morgan fingerprint density at radius 3 is 2.00 bits per heavy atom. The van der Waals surface area contributed by atoms with Gasteiger partial charge in [-0.1, -0.05) is 79.1 Å². The van der Waals surface area contributed by atoms with Crippen LogP contribution in [-0.2, 0) is 20.8 Å². The number of carbonyl (C=O) groups excluding carboxylic acids is 2. The van der Waals surface area contributed by atoms with Gasteiger partial charge in [0.15, 0.2) is 8.68 Å². The minimum atomic E-state index is -0.211. The van der Waals surface area contributed by atoms with Gasteiger partial charge in [0.05, 0.1) is 5.75 Å². The molecule has 3 aromatic rings. The highest BCUT2D eigenvalue weighted by Gasteiger charge is 2.17. The maximum atomic E-state index is 12.2. The molecule has 12 heteroatoms. The van der Waals surface area contributed by atoms with Gasteiger partial charge < -0.3 is 5.32 Å². The van der Waals surface area contributed by atoms with E-state index >= 15 is 0 Å². The van der Waals surface area contributed by atoms with Crippen LogP contribution in [0.4, 0.5) is 10.3 Å². The SMILES string of the molecule is CC(=O)Nc1nnc(SCC(=O)Nc2nnc(SCc3c(C)cc(C(C)(C)C)cc3C)s2)s1. The fraction of sp³-hybridized carbons (Fsp3) is 0.429. The van der Waals surface area contributed by atoms with Gasteiger partial charge in [-0.05, 0) is 41.5 Å². The lowest BCUT2D eigenvalue weighted by Gasteiger charge is -2.22. The number of hydrogen-bond donors (Lipinski definition) is 2. The second kappa shape index (κ2) is 10.9. The fourth-order valence-corrected chi connectivity index (χ4v) is 6.42. The number of thioether (sulfide) groups is 2. The molecule has 0 unspecified atom stereocenters. The summed E-state index contributed by atoms with van der Waals surface area (Å²) in [4.78, 5) is 23.3. The van der Waals surface area contributed by atoms with Gasteiger partial charge in [-0.2, -0.15) is 0 Å². The highest BCUT2D eigenvalue weighted by Crippen LogP contribution is 2.33. The largest absolute Gasteiger partial charge is 0.301 e. The Morgan fingerprint density at radius 1 is 0.909 bits per heavy atom. The lowest BCUT2D eigenvalue weighted by molar-refractivity contribution is -0.114. The summed E-state index contributed by atoms with van der Waals surface area (Å²) in [5.41, 5.74) is 5.32. The minimum Gasteiger partial charge on any atom is -0.301 e. The number of nitrogens with zero attached hydrogens (tertiary/aromatic N) is 4. The number of nitrogens with one attached hydrogen (secondary N) is 2. The molecule has 33 heavy (non-hydrogen) atoms. The summed E-state index contributed by atoms with van der Waals surface area (Å²) in [6.45, 7) is 12.4. The topological polar surface area (TPSA) is 110 Å². The second-order valence-electron chi connectivity index (χ2n) is 8.39. The third kappa shape index (κ3) is 7.49. The summed E-state index contributed by atoms with van der Waals surface area (Å²) in [5, 5.41) is 22.3. The molecule has 0 saturated carbocycles. The first-order valence-corrected chi connectivity index (χ1v) is 13.7. The molecule has 2 aromatic heterocycles. The van der Waals surface area contributed by atoms with E-state index in [2.05, 4.69) is 77.8 Å². The zero-order chi connectivity index (χ0) is 24.2. The van der Waals surface area contributed by atoms with Crippen molar-refractivity contribution in [2.24, 2.45) is 0 Å². The quantitative estimate of drug-likeness (QED) is 0.303. The Labute approximate surface area is 209 Å². The maximum absolute atomic E-state index is 12.2. The van der Waals surface area contributed by atoms with Crippen molar-refractivity contribution in [3.8, 4) is 0 Å². The van der Waals surface area contributed by atoms with Crippen LogP contribution >= 0.6 is 46.2 Å². The van der Waals surface area contributed by atoms with Gasteiger partial charge in [-0.25, -0.2) is 0 Å². The molecule has 0 saturated heterocycles. The normalized spacial score (nSPS) is 11.5. The molecule has 0 atom stereocenters. The highest BCUT2D eigenvalue weighted by atomic mass is 32.2. The summed E-state index contributed by atoms with van der Waals surface area (Å²) < 4.78 is 1.41. The lowest BCUT2D eigenvalue weighted by atomic mass is 9.84. The monoisotopic (exact) mass is 522 g/mol. The molecule has 0 radical (unpaired) electrons. The van der Waals surface area contributed by atoms with Crippen molar-refractivity contribution in [1.82, 2.24) is 20.4 Å². The molecule has 176 valence electrons. The van der Waals surface area contributed by atoms with Gasteiger partial charge in [0.25, 0.3) is 0 Å². The van der Waals surface area contributed by atoms with E-state index in [4.69, 9.17) is 0 Å². The average molecular weight is 523 g/mol. The summed E-state index contributed by atoms with van der Waals surface area (Å²) in [6.07, 6.45) is 0. The standard InChI is InChI=1S/C21H26N6O2S4/c1-11-7-14(21(4,5)6)8-12(2)15(11)9-30-19-26-25-18(33-19)23-16(29)10-31-20-27-24-17(32-20)22-13(3)28/h7-8H,9-10H2,1-6H3,(H,22,24,28)(H,23,25,29). The fourth-order valence-electron chi connectivity index (χ4n) is 2.86. The zero-order valence-electron chi connectivity index (χ0n) is 19.3. The van der Waals surface area contributed by atoms with Gasteiger partial charge in [0.1, 0.15) is 0 Å². The lowest BCUT2D eigenvalue weighted by Crippen LogP contribution is -2.13. The van der Waals surface area contributed by atoms with E-state index in [-0.39, 0.29) is 23.0 Å². The van der Waals surface area contributed by atoms with Crippen molar-refractivity contribution >= 4 is 68.3 Å². The minimum absolute atomic E-state index is 0.121. The van der Waals surface area contributed by atoms with Gasteiger partial charge in [0.2, 0.25) is 22.1 Å². The summed E-state index contributed by atoms with van der Waals surface area (Å²) in [6, 6.07) is 4.53. The number of carbonyl (C=O) groups is 2. The molecule has 1 aromatic carbocycles. The molecule has 0 fully saturated rings. The molecule has 0 aliphatic carbocycles. The Morgan fingerprint density at radius 2 is 1.45 bits per heavy atom. The van der Waals surface area contributed by atoms with Crippen LogP contribution in [0.2, 0.25) is 0 Å². The van der Waals surface area contributed by atoms with Crippen molar-refractivity contribution < 1.29 is 9.59 Å². The van der Waals surface area contributed by atoms with E-state index in [9.17, 15) is 9.59 Å². The van der Waals surface area contributed by atoms with Crippen LogP contribution in [0.15, 0.2) is 20.8 Å². The van der Waals surface area contributed by atoms with Crippen LogP contribution in [0, 0.1) is 13.8 Å². The summed E-state index contributed by atoms with van der Waals surface area (Å²) >= 11 is 5.45. The third-order valence-corrected chi connectivity index (χ3v) is 8.54. The van der Waals surface area contributed by atoms with Crippen molar-refractivity contribution in [3.63, 3.8) is 0 Å². The van der Waals surface area contributed by atoms with E-state index in [0.29, 0.717) is 14.6 Å². The van der Waals surface area contributed by atoms with Gasteiger partial charge in [0, 0.05) is 12.7 Å². The molecule has 0 bridgehead atoms. The number of aryl methyl sites for hydroxylation is 2. The van der Waals surface area contributed by atoms with E-state index < -0.39 is 0 Å². The highest BCUT2D eigenvalue weighted by molar-refractivity contribution is 8.01. The first-order chi connectivity index (χ1) is 15.5. The third-order valence-electron chi connectivity index (χ3n) is 4.57. The molecule has 2 heterocycles.